The SMILES string of the molecule is Cc1ccccc1C(=O)NCC(=O)OCC(=O)Nc1cc(Cl)ccc1F. The smallest absolute Gasteiger partial charge is 0.325 e. The molecular weight excluding hydrogens is 363 g/mol. The van der Waals surface area contributed by atoms with Crippen molar-refractivity contribution in [3.05, 3.63) is 64.4 Å². The standard InChI is InChI=1S/C18H16ClFN2O4/c1-11-4-2-3-5-13(11)18(25)21-9-17(24)26-10-16(23)22-15-8-12(19)6-7-14(15)20/h2-8H,9-10H2,1H3,(H,21,25)(H,22,23). The molecule has 136 valence electrons. The van der Waals surface area contributed by atoms with E-state index in [1.807, 2.05) is 0 Å². The van der Waals surface area contributed by atoms with Crippen LogP contribution in [0.5, 0.6) is 0 Å². The number of carbonyl (C=O) groups is 3. The number of nitrogens with one attached hydrogen (secondary N) is 2. The Balaban J connectivity index is 1.78. The molecule has 0 aliphatic rings. The second-order valence-electron chi connectivity index (χ2n) is 5.33. The highest BCUT2D eigenvalue weighted by Gasteiger charge is 2.13. The lowest BCUT2D eigenvalue weighted by atomic mass is 10.1. The van der Waals surface area contributed by atoms with Crippen LogP contribution >= 0.6 is 11.6 Å². The summed E-state index contributed by atoms with van der Waals surface area (Å²) in [5.74, 6) is -2.62. The highest BCUT2D eigenvalue weighted by atomic mass is 35.5. The highest BCUT2D eigenvalue weighted by Crippen LogP contribution is 2.19. The highest BCUT2D eigenvalue weighted by molar-refractivity contribution is 6.30. The van der Waals surface area contributed by atoms with Gasteiger partial charge in [-0.1, -0.05) is 29.8 Å². The zero-order valence-corrected chi connectivity index (χ0v) is 14.6. The molecule has 2 N–H and O–H groups in total. The minimum Gasteiger partial charge on any atom is -0.454 e. The van der Waals surface area contributed by atoms with Gasteiger partial charge in [0.25, 0.3) is 11.8 Å². The van der Waals surface area contributed by atoms with Gasteiger partial charge < -0.3 is 15.4 Å². The number of amides is 2. The van der Waals surface area contributed by atoms with Gasteiger partial charge in [0, 0.05) is 10.6 Å². The lowest BCUT2D eigenvalue weighted by Gasteiger charge is -2.09. The molecule has 0 aliphatic carbocycles. The van der Waals surface area contributed by atoms with E-state index in [0.717, 1.165) is 11.6 Å². The van der Waals surface area contributed by atoms with E-state index in [9.17, 15) is 18.8 Å². The number of rotatable bonds is 6. The molecule has 0 spiro atoms. The predicted octanol–water partition coefficient (Wildman–Crippen LogP) is 2.70. The lowest BCUT2D eigenvalue weighted by Crippen LogP contribution is -2.32. The zero-order chi connectivity index (χ0) is 19.1. The molecule has 0 aliphatic heterocycles. The quantitative estimate of drug-likeness (QED) is 0.757. The van der Waals surface area contributed by atoms with E-state index in [-0.39, 0.29) is 10.7 Å². The summed E-state index contributed by atoms with van der Waals surface area (Å²) in [7, 11) is 0. The van der Waals surface area contributed by atoms with E-state index in [1.165, 1.54) is 12.1 Å². The molecule has 0 heterocycles. The van der Waals surface area contributed by atoms with Crippen LogP contribution in [0.4, 0.5) is 10.1 Å². The summed E-state index contributed by atoms with van der Waals surface area (Å²) >= 11 is 5.72. The second-order valence-corrected chi connectivity index (χ2v) is 5.77. The first-order valence-electron chi connectivity index (χ1n) is 7.61. The van der Waals surface area contributed by atoms with E-state index in [4.69, 9.17) is 16.3 Å². The number of aryl methyl sites for hydroxylation is 1. The molecular formula is C18H16ClFN2O4. The topological polar surface area (TPSA) is 84.5 Å². The van der Waals surface area contributed by atoms with Crippen LogP contribution < -0.4 is 10.6 Å². The predicted molar refractivity (Wildman–Crippen MR) is 94.5 cm³/mol. The zero-order valence-electron chi connectivity index (χ0n) is 13.8. The van der Waals surface area contributed by atoms with Gasteiger partial charge in [-0.2, -0.15) is 0 Å². The minimum atomic E-state index is -0.798. The van der Waals surface area contributed by atoms with Crippen molar-refractivity contribution in [3.8, 4) is 0 Å². The van der Waals surface area contributed by atoms with Crippen molar-refractivity contribution >= 4 is 35.1 Å². The van der Waals surface area contributed by atoms with Gasteiger partial charge in [0.1, 0.15) is 12.4 Å². The van der Waals surface area contributed by atoms with Crippen LogP contribution in [0, 0.1) is 12.7 Å². The molecule has 0 atom stereocenters. The van der Waals surface area contributed by atoms with Crippen molar-refractivity contribution in [3.63, 3.8) is 0 Å². The van der Waals surface area contributed by atoms with Crippen LogP contribution in [0.1, 0.15) is 15.9 Å². The van der Waals surface area contributed by atoms with Gasteiger partial charge >= 0.3 is 5.97 Å². The maximum absolute atomic E-state index is 13.5. The summed E-state index contributed by atoms with van der Waals surface area (Å²) < 4.78 is 18.2. The van der Waals surface area contributed by atoms with Crippen molar-refractivity contribution in [2.75, 3.05) is 18.5 Å². The van der Waals surface area contributed by atoms with Gasteiger partial charge in [-0.05, 0) is 36.8 Å². The third-order valence-electron chi connectivity index (χ3n) is 3.35. The van der Waals surface area contributed by atoms with Crippen molar-refractivity contribution < 1.29 is 23.5 Å². The molecule has 2 aromatic carbocycles. The van der Waals surface area contributed by atoms with Crippen molar-refractivity contribution in [1.82, 2.24) is 5.32 Å². The molecule has 6 nitrogen and oxygen atoms in total. The van der Waals surface area contributed by atoms with Gasteiger partial charge in [0.15, 0.2) is 6.61 Å². The van der Waals surface area contributed by atoms with Crippen LogP contribution in [0.3, 0.4) is 0 Å². The number of esters is 1. The lowest BCUT2D eigenvalue weighted by molar-refractivity contribution is -0.146. The maximum atomic E-state index is 13.5. The van der Waals surface area contributed by atoms with Crippen molar-refractivity contribution in [2.24, 2.45) is 0 Å². The molecule has 0 aromatic heterocycles. The van der Waals surface area contributed by atoms with Gasteiger partial charge in [-0.15, -0.1) is 0 Å². The van der Waals surface area contributed by atoms with Gasteiger partial charge in [-0.3, -0.25) is 14.4 Å². The van der Waals surface area contributed by atoms with E-state index >= 15 is 0 Å². The average Bonchev–Trinajstić information content (AvgIpc) is 2.61. The molecule has 0 radical (unpaired) electrons. The summed E-state index contributed by atoms with van der Waals surface area (Å²) in [6, 6.07) is 10.6. The largest absolute Gasteiger partial charge is 0.454 e. The van der Waals surface area contributed by atoms with E-state index in [1.54, 1.807) is 31.2 Å². The number of hydrogen-bond donors (Lipinski definition) is 2. The molecule has 0 saturated heterocycles. The fourth-order valence-electron chi connectivity index (χ4n) is 2.05. The van der Waals surface area contributed by atoms with Gasteiger partial charge in [0.2, 0.25) is 0 Å². The Kier molecular flexibility index (Phi) is 6.68. The second kappa shape index (κ2) is 8.96. The first kappa shape index (κ1) is 19.4. The van der Waals surface area contributed by atoms with Crippen LogP contribution in [-0.4, -0.2) is 30.9 Å². The average molecular weight is 379 g/mol. The van der Waals surface area contributed by atoms with E-state index in [2.05, 4.69) is 10.6 Å². The molecule has 0 unspecified atom stereocenters. The van der Waals surface area contributed by atoms with Crippen LogP contribution in [-0.2, 0) is 14.3 Å². The number of ether oxygens (including phenoxy) is 1. The summed E-state index contributed by atoms with van der Waals surface area (Å²) in [6.45, 7) is 0.754. The Hall–Kier alpha value is -2.93. The summed E-state index contributed by atoms with van der Waals surface area (Å²) in [6.07, 6.45) is 0. The summed E-state index contributed by atoms with van der Waals surface area (Å²) in [5, 5.41) is 4.90. The van der Waals surface area contributed by atoms with Crippen LogP contribution in [0.15, 0.2) is 42.5 Å². The Labute approximate surface area is 154 Å². The fourth-order valence-corrected chi connectivity index (χ4v) is 2.22. The van der Waals surface area contributed by atoms with Crippen LogP contribution in [0.2, 0.25) is 5.02 Å². The van der Waals surface area contributed by atoms with E-state index in [0.29, 0.717) is 5.56 Å². The Morgan fingerprint density at radius 3 is 2.62 bits per heavy atom. The third-order valence-corrected chi connectivity index (χ3v) is 3.58. The summed E-state index contributed by atoms with van der Waals surface area (Å²) in [4.78, 5) is 35.3. The molecule has 26 heavy (non-hydrogen) atoms. The Bertz CT molecular complexity index is 842. The van der Waals surface area contributed by atoms with Crippen LogP contribution in [0.25, 0.3) is 0 Å². The number of anilines is 1. The molecule has 2 amide bonds. The van der Waals surface area contributed by atoms with Crippen molar-refractivity contribution in [1.29, 1.82) is 0 Å². The Morgan fingerprint density at radius 1 is 1.15 bits per heavy atom. The molecule has 0 bridgehead atoms. The molecule has 0 fully saturated rings. The number of halogens is 2. The van der Waals surface area contributed by atoms with E-state index < -0.39 is 36.8 Å². The monoisotopic (exact) mass is 378 g/mol. The van der Waals surface area contributed by atoms with Gasteiger partial charge in [-0.25, -0.2) is 4.39 Å². The molecule has 0 saturated carbocycles. The normalized spacial score (nSPS) is 10.1. The van der Waals surface area contributed by atoms with Crippen molar-refractivity contribution in [2.45, 2.75) is 6.92 Å². The number of hydrogen-bond acceptors (Lipinski definition) is 4. The number of benzene rings is 2. The number of carbonyl (C=O) groups excluding carboxylic acids is 3. The molecule has 8 heteroatoms. The third kappa shape index (κ3) is 5.56. The fraction of sp³-hybridized carbons (Fsp3) is 0.167. The maximum Gasteiger partial charge on any atom is 0.325 e. The molecule has 2 aromatic rings. The Morgan fingerprint density at radius 2 is 1.88 bits per heavy atom. The van der Waals surface area contributed by atoms with Gasteiger partial charge in [0.05, 0.1) is 5.69 Å². The first-order chi connectivity index (χ1) is 12.4. The minimum absolute atomic E-state index is 0.119. The molecule has 2 rings (SSSR count). The first-order valence-corrected chi connectivity index (χ1v) is 7.99. The summed E-state index contributed by atoms with van der Waals surface area (Å²) in [5.41, 5.74) is 1.09.